The van der Waals surface area contributed by atoms with Crippen molar-refractivity contribution in [3.05, 3.63) is 46.9 Å². The van der Waals surface area contributed by atoms with Gasteiger partial charge in [-0.1, -0.05) is 37.6 Å². The monoisotopic (exact) mass is 262 g/mol. The number of ether oxygens (including phenoxy) is 1. The van der Waals surface area contributed by atoms with Gasteiger partial charge in [0.1, 0.15) is 16.7 Å². The molecule has 0 aliphatic heterocycles. The first-order valence-electron chi connectivity index (χ1n) is 6.01. The molecule has 0 bridgehead atoms. The zero-order chi connectivity index (χ0) is 13.0. The minimum Gasteiger partial charge on any atom is -0.439 e. The maximum atomic E-state index is 5.91. The number of aromatic nitrogens is 2. The number of rotatable bonds is 4. The Hall–Kier alpha value is -1.61. The predicted molar refractivity (Wildman–Crippen MR) is 72.3 cm³/mol. The van der Waals surface area contributed by atoms with Gasteiger partial charge in [-0.15, -0.1) is 0 Å². The van der Waals surface area contributed by atoms with Crippen LogP contribution in [0.1, 0.15) is 25.2 Å². The second-order valence-electron chi connectivity index (χ2n) is 3.90. The lowest BCUT2D eigenvalue weighted by Gasteiger charge is -2.06. The molecule has 0 fully saturated rings. The molecule has 2 rings (SSSR count). The molecule has 2 aromatic rings. The molecule has 0 aliphatic rings. The van der Waals surface area contributed by atoms with Crippen LogP contribution in [0.25, 0.3) is 0 Å². The lowest BCUT2D eigenvalue weighted by atomic mass is 10.2. The quantitative estimate of drug-likeness (QED) is 0.780. The molecule has 0 spiro atoms. The Balaban J connectivity index is 2.19. The van der Waals surface area contributed by atoms with Crippen LogP contribution in [0, 0.1) is 0 Å². The van der Waals surface area contributed by atoms with Crippen LogP contribution in [0.4, 0.5) is 0 Å². The topological polar surface area (TPSA) is 35.0 Å². The van der Waals surface area contributed by atoms with Gasteiger partial charge in [0, 0.05) is 12.5 Å². The number of halogens is 1. The fourth-order valence-electron chi connectivity index (χ4n) is 1.57. The number of nitrogens with zero attached hydrogens (tertiary/aromatic N) is 2. The number of hydrogen-bond donors (Lipinski definition) is 0. The zero-order valence-electron chi connectivity index (χ0n) is 10.5. The zero-order valence-corrected chi connectivity index (χ0v) is 11.2. The molecular weight excluding hydrogens is 248 g/mol. The summed E-state index contributed by atoms with van der Waals surface area (Å²) in [6.45, 7) is 4.10. The molecular formula is C14H15ClN2O. The molecule has 1 aromatic heterocycles. The van der Waals surface area contributed by atoms with Crippen molar-refractivity contribution in [2.45, 2.75) is 26.7 Å². The molecule has 1 heterocycles. The van der Waals surface area contributed by atoms with Crippen LogP contribution < -0.4 is 4.74 Å². The Labute approximate surface area is 112 Å². The fraction of sp³-hybridized carbons (Fsp3) is 0.286. The van der Waals surface area contributed by atoms with E-state index in [0.717, 1.165) is 18.6 Å². The summed E-state index contributed by atoms with van der Waals surface area (Å²) in [5.74, 6) is 1.92. The van der Waals surface area contributed by atoms with Crippen LogP contribution >= 0.6 is 11.6 Å². The van der Waals surface area contributed by atoms with E-state index in [-0.39, 0.29) is 0 Å². The van der Waals surface area contributed by atoms with Crippen molar-refractivity contribution in [2.75, 3.05) is 0 Å². The lowest BCUT2D eigenvalue weighted by molar-refractivity contribution is 0.458. The molecule has 0 N–H and O–H groups in total. The van der Waals surface area contributed by atoms with Crippen molar-refractivity contribution >= 4 is 11.6 Å². The average molecular weight is 263 g/mol. The number of hydrogen-bond acceptors (Lipinski definition) is 3. The lowest BCUT2D eigenvalue weighted by Crippen LogP contribution is -1.96. The third kappa shape index (κ3) is 3.20. The Kier molecular flexibility index (Phi) is 4.15. The van der Waals surface area contributed by atoms with Crippen LogP contribution in [0.5, 0.6) is 11.6 Å². The number of benzene rings is 1. The van der Waals surface area contributed by atoms with E-state index < -0.39 is 0 Å². The predicted octanol–water partition coefficient (Wildman–Crippen LogP) is 4.05. The van der Waals surface area contributed by atoms with Crippen LogP contribution in [0.3, 0.4) is 0 Å². The number of aryl methyl sites for hydroxylation is 2. The normalized spacial score (nSPS) is 10.4. The molecule has 94 valence electrons. The highest BCUT2D eigenvalue weighted by Gasteiger charge is 2.04. The van der Waals surface area contributed by atoms with E-state index in [1.54, 1.807) is 6.07 Å². The summed E-state index contributed by atoms with van der Waals surface area (Å²) in [7, 11) is 0. The minimum atomic E-state index is 0.405. The second kappa shape index (κ2) is 5.83. The standard InChI is InChI=1S/C14H15ClN2O/c1-3-10-5-7-11(8-6-10)18-14-9-12(15)16-13(4-2)17-14/h5-9H,3-4H2,1-2H3. The summed E-state index contributed by atoms with van der Waals surface area (Å²) in [6.07, 6.45) is 1.74. The second-order valence-corrected chi connectivity index (χ2v) is 4.29. The Morgan fingerprint density at radius 1 is 1.06 bits per heavy atom. The van der Waals surface area contributed by atoms with Gasteiger partial charge >= 0.3 is 0 Å². The van der Waals surface area contributed by atoms with Crippen molar-refractivity contribution in [2.24, 2.45) is 0 Å². The maximum absolute atomic E-state index is 5.91. The van der Waals surface area contributed by atoms with Gasteiger partial charge in [-0.05, 0) is 24.1 Å². The molecule has 0 saturated carbocycles. The summed E-state index contributed by atoms with van der Waals surface area (Å²) in [6, 6.07) is 9.56. The SMILES string of the molecule is CCc1ccc(Oc2cc(Cl)nc(CC)n2)cc1. The molecule has 1 aromatic carbocycles. The van der Waals surface area contributed by atoms with Crippen LogP contribution in [0.2, 0.25) is 5.15 Å². The van der Waals surface area contributed by atoms with E-state index >= 15 is 0 Å². The third-order valence-corrected chi connectivity index (χ3v) is 2.78. The summed E-state index contributed by atoms with van der Waals surface area (Å²) < 4.78 is 5.67. The summed E-state index contributed by atoms with van der Waals surface area (Å²) in [5.41, 5.74) is 1.28. The van der Waals surface area contributed by atoms with Crippen LogP contribution in [-0.4, -0.2) is 9.97 Å². The largest absolute Gasteiger partial charge is 0.439 e. The fourth-order valence-corrected chi connectivity index (χ4v) is 1.76. The van der Waals surface area contributed by atoms with Crippen LogP contribution in [-0.2, 0) is 12.8 Å². The van der Waals surface area contributed by atoms with E-state index in [1.165, 1.54) is 5.56 Å². The van der Waals surface area contributed by atoms with Gasteiger partial charge in [-0.25, -0.2) is 4.98 Å². The highest BCUT2D eigenvalue weighted by molar-refractivity contribution is 6.29. The van der Waals surface area contributed by atoms with Gasteiger partial charge in [-0.2, -0.15) is 4.98 Å². The van der Waals surface area contributed by atoms with E-state index in [1.807, 2.05) is 31.2 Å². The van der Waals surface area contributed by atoms with Crippen molar-refractivity contribution < 1.29 is 4.74 Å². The molecule has 4 heteroatoms. The molecule has 0 amide bonds. The van der Waals surface area contributed by atoms with Crippen molar-refractivity contribution in [3.8, 4) is 11.6 Å². The molecule has 0 aliphatic carbocycles. The summed E-state index contributed by atoms with van der Waals surface area (Å²) >= 11 is 5.91. The molecule has 0 atom stereocenters. The van der Waals surface area contributed by atoms with Gasteiger partial charge < -0.3 is 4.74 Å². The Morgan fingerprint density at radius 2 is 1.78 bits per heavy atom. The molecule has 0 radical (unpaired) electrons. The minimum absolute atomic E-state index is 0.405. The first kappa shape index (κ1) is 12.8. The van der Waals surface area contributed by atoms with Gasteiger partial charge in [0.25, 0.3) is 0 Å². The van der Waals surface area contributed by atoms with Gasteiger partial charge in [0.05, 0.1) is 0 Å². The van der Waals surface area contributed by atoms with E-state index in [0.29, 0.717) is 16.9 Å². The smallest absolute Gasteiger partial charge is 0.224 e. The van der Waals surface area contributed by atoms with E-state index in [9.17, 15) is 0 Å². The highest BCUT2D eigenvalue weighted by Crippen LogP contribution is 2.22. The van der Waals surface area contributed by atoms with Gasteiger partial charge in [0.15, 0.2) is 0 Å². The molecule has 0 saturated heterocycles. The Bertz CT molecular complexity index is 526. The van der Waals surface area contributed by atoms with Crippen LogP contribution in [0.15, 0.2) is 30.3 Å². The first-order valence-corrected chi connectivity index (χ1v) is 6.39. The van der Waals surface area contributed by atoms with Crippen molar-refractivity contribution in [1.82, 2.24) is 9.97 Å². The van der Waals surface area contributed by atoms with E-state index in [4.69, 9.17) is 16.3 Å². The van der Waals surface area contributed by atoms with Crippen molar-refractivity contribution in [3.63, 3.8) is 0 Å². The highest BCUT2D eigenvalue weighted by atomic mass is 35.5. The third-order valence-electron chi connectivity index (χ3n) is 2.59. The van der Waals surface area contributed by atoms with E-state index in [2.05, 4.69) is 16.9 Å². The maximum Gasteiger partial charge on any atom is 0.224 e. The molecule has 3 nitrogen and oxygen atoms in total. The molecule has 18 heavy (non-hydrogen) atoms. The summed E-state index contributed by atoms with van der Waals surface area (Å²) in [5, 5.41) is 0.405. The van der Waals surface area contributed by atoms with Gasteiger partial charge in [0.2, 0.25) is 5.88 Å². The Morgan fingerprint density at radius 3 is 2.39 bits per heavy atom. The average Bonchev–Trinajstić information content (AvgIpc) is 2.39. The van der Waals surface area contributed by atoms with Crippen molar-refractivity contribution in [1.29, 1.82) is 0 Å². The van der Waals surface area contributed by atoms with Gasteiger partial charge in [-0.3, -0.25) is 0 Å². The first-order chi connectivity index (χ1) is 8.71. The molecule has 0 unspecified atom stereocenters. The summed E-state index contributed by atoms with van der Waals surface area (Å²) in [4.78, 5) is 8.37.